The lowest BCUT2D eigenvalue weighted by Crippen LogP contribution is -2.33. The van der Waals surface area contributed by atoms with Crippen LogP contribution in [0.4, 0.5) is 11.4 Å². The van der Waals surface area contributed by atoms with Crippen molar-refractivity contribution in [1.29, 1.82) is 5.26 Å². The van der Waals surface area contributed by atoms with Gasteiger partial charge in [-0.3, -0.25) is 10.1 Å². The zero-order valence-electron chi connectivity index (χ0n) is 10.3. The van der Waals surface area contributed by atoms with Gasteiger partial charge in [0.05, 0.1) is 23.2 Å². The molecule has 1 rings (SSSR count). The largest absolute Gasteiger partial charge is 0.395 e. The Kier molecular flexibility index (Phi) is 4.63. The van der Waals surface area contributed by atoms with Crippen LogP contribution >= 0.6 is 0 Å². The van der Waals surface area contributed by atoms with E-state index >= 15 is 0 Å². The van der Waals surface area contributed by atoms with E-state index in [0.29, 0.717) is 12.2 Å². The third-order valence-electron chi connectivity index (χ3n) is 2.57. The number of hydrogen-bond donors (Lipinski definition) is 1. The highest BCUT2D eigenvalue weighted by Gasteiger charge is 2.21. The van der Waals surface area contributed by atoms with Crippen molar-refractivity contribution < 1.29 is 10.0 Å². The molecule has 0 saturated carbocycles. The zero-order valence-corrected chi connectivity index (χ0v) is 10.3. The minimum atomic E-state index is -0.511. The second-order valence-electron chi connectivity index (χ2n) is 4.08. The fourth-order valence-electron chi connectivity index (χ4n) is 1.75. The molecule has 0 saturated heterocycles. The van der Waals surface area contributed by atoms with Gasteiger partial charge in [0.15, 0.2) is 0 Å². The Labute approximate surface area is 105 Å². The van der Waals surface area contributed by atoms with Crippen LogP contribution in [0.25, 0.3) is 0 Å². The summed E-state index contributed by atoms with van der Waals surface area (Å²) in [6, 6.07) is 6.23. The SMILES string of the molecule is CC(C)N(CCO)c1ccc(C#N)cc1[N+](=O)[O-]. The second-order valence-corrected chi connectivity index (χ2v) is 4.08. The normalized spacial score (nSPS) is 10.2. The van der Waals surface area contributed by atoms with Gasteiger partial charge in [-0.2, -0.15) is 5.26 Å². The number of anilines is 1. The average Bonchev–Trinajstić information content (AvgIpc) is 2.34. The molecule has 1 aromatic carbocycles. The number of benzene rings is 1. The summed E-state index contributed by atoms with van der Waals surface area (Å²) < 4.78 is 0. The van der Waals surface area contributed by atoms with Gasteiger partial charge in [0.25, 0.3) is 5.69 Å². The Hall–Kier alpha value is -2.13. The lowest BCUT2D eigenvalue weighted by atomic mass is 10.1. The van der Waals surface area contributed by atoms with Gasteiger partial charge in [-0.1, -0.05) is 0 Å². The molecule has 1 aromatic rings. The van der Waals surface area contributed by atoms with E-state index in [1.165, 1.54) is 12.1 Å². The van der Waals surface area contributed by atoms with Crippen molar-refractivity contribution >= 4 is 11.4 Å². The topological polar surface area (TPSA) is 90.4 Å². The van der Waals surface area contributed by atoms with E-state index in [1.54, 1.807) is 11.0 Å². The highest BCUT2D eigenvalue weighted by molar-refractivity contribution is 5.66. The van der Waals surface area contributed by atoms with Crippen LogP contribution in [0.5, 0.6) is 0 Å². The molecule has 0 fully saturated rings. The first-order valence-electron chi connectivity index (χ1n) is 5.57. The number of hydrogen-bond acceptors (Lipinski definition) is 5. The molecule has 0 aromatic heterocycles. The molecule has 0 aliphatic rings. The summed E-state index contributed by atoms with van der Waals surface area (Å²) >= 11 is 0. The monoisotopic (exact) mass is 249 g/mol. The Morgan fingerprint density at radius 2 is 2.22 bits per heavy atom. The van der Waals surface area contributed by atoms with E-state index in [1.807, 2.05) is 19.9 Å². The van der Waals surface area contributed by atoms with Crippen molar-refractivity contribution in [3.63, 3.8) is 0 Å². The Morgan fingerprint density at radius 3 is 2.67 bits per heavy atom. The molecule has 0 bridgehead atoms. The van der Waals surface area contributed by atoms with Gasteiger partial charge < -0.3 is 10.0 Å². The van der Waals surface area contributed by atoms with Gasteiger partial charge >= 0.3 is 0 Å². The number of aliphatic hydroxyl groups is 1. The molecule has 0 spiro atoms. The summed E-state index contributed by atoms with van der Waals surface area (Å²) in [4.78, 5) is 12.3. The van der Waals surface area contributed by atoms with Gasteiger partial charge in [-0.15, -0.1) is 0 Å². The number of nitro benzene ring substituents is 1. The Balaban J connectivity index is 3.29. The van der Waals surface area contributed by atoms with Crippen LogP contribution in [-0.4, -0.2) is 29.2 Å². The van der Waals surface area contributed by atoms with Crippen molar-refractivity contribution in [3.8, 4) is 6.07 Å². The van der Waals surface area contributed by atoms with Crippen LogP contribution < -0.4 is 4.90 Å². The van der Waals surface area contributed by atoms with Crippen LogP contribution in [0.3, 0.4) is 0 Å². The molecule has 0 aliphatic carbocycles. The number of nitro groups is 1. The van der Waals surface area contributed by atoms with Crippen molar-refractivity contribution in [2.45, 2.75) is 19.9 Å². The number of nitriles is 1. The maximum atomic E-state index is 11.0. The predicted molar refractivity (Wildman–Crippen MR) is 67.4 cm³/mol. The fraction of sp³-hybridized carbons (Fsp3) is 0.417. The van der Waals surface area contributed by atoms with Crippen LogP contribution in [-0.2, 0) is 0 Å². The minimum Gasteiger partial charge on any atom is -0.395 e. The minimum absolute atomic E-state index is 0.0174. The van der Waals surface area contributed by atoms with Crippen molar-refractivity contribution in [1.82, 2.24) is 0 Å². The smallest absolute Gasteiger partial charge is 0.293 e. The third-order valence-corrected chi connectivity index (χ3v) is 2.57. The number of nitrogens with zero attached hydrogens (tertiary/aromatic N) is 3. The van der Waals surface area contributed by atoms with E-state index in [9.17, 15) is 10.1 Å². The molecule has 0 unspecified atom stereocenters. The summed E-state index contributed by atoms with van der Waals surface area (Å²) in [6.45, 7) is 3.99. The Bertz CT molecular complexity index is 480. The van der Waals surface area contributed by atoms with Gasteiger partial charge in [-0.25, -0.2) is 0 Å². The summed E-state index contributed by atoms with van der Waals surface area (Å²) in [7, 11) is 0. The van der Waals surface area contributed by atoms with Crippen LogP contribution in [0, 0.1) is 21.4 Å². The molecule has 6 heteroatoms. The average molecular weight is 249 g/mol. The molecule has 0 amide bonds. The maximum absolute atomic E-state index is 11.0. The lowest BCUT2D eigenvalue weighted by molar-refractivity contribution is -0.384. The van der Waals surface area contributed by atoms with Gasteiger partial charge in [0, 0.05) is 18.7 Å². The summed E-state index contributed by atoms with van der Waals surface area (Å²) in [5.41, 5.74) is 0.553. The zero-order chi connectivity index (χ0) is 13.7. The van der Waals surface area contributed by atoms with Crippen molar-refractivity contribution in [2.75, 3.05) is 18.1 Å². The van der Waals surface area contributed by atoms with E-state index in [4.69, 9.17) is 10.4 Å². The summed E-state index contributed by atoms with van der Waals surface area (Å²) in [5.74, 6) is 0. The molecule has 6 nitrogen and oxygen atoms in total. The first kappa shape index (κ1) is 13.9. The van der Waals surface area contributed by atoms with Crippen LogP contribution in [0.2, 0.25) is 0 Å². The van der Waals surface area contributed by atoms with Gasteiger partial charge in [0.1, 0.15) is 5.69 Å². The van der Waals surface area contributed by atoms with Crippen molar-refractivity contribution in [3.05, 3.63) is 33.9 Å². The number of rotatable bonds is 5. The quantitative estimate of drug-likeness (QED) is 0.633. The molecule has 1 N–H and O–H groups in total. The van der Waals surface area contributed by atoms with E-state index < -0.39 is 4.92 Å². The molecule has 0 aliphatic heterocycles. The third kappa shape index (κ3) is 2.96. The highest BCUT2D eigenvalue weighted by Crippen LogP contribution is 2.30. The maximum Gasteiger partial charge on any atom is 0.293 e. The van der Waals surface area contributed by atoms with Gasteiger partial charge in [0.2, 0.25) is 0 Å². The standard InChI is InChI=1S/C12H15N3O3/c1-9(2)14(5-6-16)11-4-3-10(8-13)7-12(11)15(17)18/h3-4,7,9,16H,5-6H2,1-2H3. The molecular formula is C12H15N3O3. The molecule has 0 radical (unpaired) electrons. The molecule has 0 heterocycles. The van der Waals surface area contributed by atoms with Crippen LogP contribution in [0.1, 0.15) is 19.4 Å². The summed E-state index contributed by atoms with van der Waals surface area (Å²) in [5, 5.41) is 28.8. The van der Waals surface area contributed by atoms with E-state index in [0.717, 1.165) is 0 Å². The molecule has 18 heavy (non-hydrogen) atoms. The summed E-state index contributed by atoms with van der Waals surface area (Å²) in [6.07, 6.45) is 0. The van der Waals surface area contributed by atoms with E-state index in [2.05, 4.69) is 0 Å². The highest BCUT2D eigenvalue weighted by atomic mass is 16.6. The van der Waals surface area contributed by atoms with Crippen LogP contribution in [0.15, 0.2) is 18.2 Å². The van der Waals surface area contributed by atoms with Gasteiger partial charge in [-0.05, 0) is 26.0 Å². The first-order valence-corrected chi connectivity index (χ1v) is 5.57. The lowest BCUT2D eigenvalue weighted by Gasteiger charge is -2.27. The van der Waals surface area contributed by atoms with Crippen molar-refractivity contribution in [2.24, 2.45) is 0 Å². The molecule has 0 atom stereocenters. The van der Waals surface area contributed by atoms with E-state index in [-0.39, 0.29) is 23.9 Å². The number of aliphatic hydroxyl groups excluding tert-OH is 1. The molecular weight excluding hydrogens is 234 g/mol. The first-order chi connectivity index (χ1) is 8.51. The fourth-order valence-corrected chi connectivity index (χ4v) is 1.75. The molecule has 96 valence electrons. The second kappa shape index (κ2) is 5.98. The Morgan fingerprint density at radius 1 is 1.56 bits per heavy atom. The predicted octanol–water partition coefficient (Wildman–Crippen LogP) is 1.67.